The number of rotatable bonds is 6. The van der Waals surface area contributed by atoms with E-state index in [0.717, 1.165) is 17.8 Å². The van der Waals surface area contributed by atoms with E-state index >= 15 is 0 Å². The molecule has 34 heavy (non-hydrogen) atoms. The Bertz CT molecular complexity index is 1430. The van der Waals surface area contributed by atoms with E-state index in [4.69, 9.17) is 0 Å². The molecule has 13 heteroatoms. The largest absolute Gasteiger partial charge is 0.269 e. The zero-order chi connectivity index (χ0) is 24.7. The molecule has 0 N–H and O–H groups in total. The molecule has 1 aromatic heterocycles. The van der Waals surface area contributed by atoms with Crippen LogP contribution in [0.15, 0.2) is 64.4 Å². The zero-order valence-corrected chi connectivity index (χ0v) is 20.2. The summed E-state index contributed by atoms with van der Waals surface area (Å²) in [5.74, 6) is 0. The number of nitro benzene ring substituents is 1. The number of nitrogens with zero attached hydrogens (tertiary/aromatic N) is 5. The first-order valence-electron chi connectivity index (χ1n) is 10.4. The highest BCUT2D eigenvalue weighted by molar-refractivity contribution is 7.89. The van der Waals surface area contributed by atoms with Gasteiger partial charge in [0.05, 0.1) is 26.9 Å². The smallest absolute Gasteiger partial charge is 0.258 e. The van der Waals surface area contributed by atoms with E-state index in [1.54, 1.807) is 18.5 Å². The number of sulfonamides is 2. The first-order chi connectivity index (χ1) is 16.0. The molecule has 2 heterocycles. The van der Waals surface area contributed by atoms with Gasteiger partial charge in [-0.1, -0.05) is 18.2 Å². The van der Waals surface area contributed by atoms with Crippen molar-refractivity contribution in [1.29, 1.82) is 0 Å². The summed E-state index contributed by atoms with van der Waals surface area (Å²) in [5, 5.41) is 15.2. The fraction of sp³-hybridized carbons (Fsp3) is 0.286. The average Bonchev–Trinajstić information content (AvgIpc) is 3.14. The van der Waals surface area contributed by atoms with E-state index in [1.807, 2.05) is 30.3 Å². The maximum atomic E-state index is 13.4. The molecule has 0 atom stereocenters. The van der Waals surface area contributed by atoms with Gasteiger partial charge >= 0.3 is 0 Å². The number of non-ortho nitro benzene ring substituents is 1. The lowest BCUT2D eigenvalue weighted by atomic mass is 10.3. The van der Waals surface area contributed by atoms with Crippen molar-refractivity contribution in [2.75, 3.05) is 26.2 Å². The van der Waals surface area contributed by atoms with Gasteiger partial charge in [-0.25, -0.2) is 21.5 Å². The summed E-state index contributed by atoms with van der Waals surface area (Å²) in [5.41, 5.74) is 1.37. The number of aromatic nitrogens is 2. The van der Waals surface area contributed by atoms with Crippen molar-refractivity contribution in [3.05, 3.63) is 76.1 Å². The molecule has 1 fully saturated rings. The maximum absolute atomic E-state index is 13.4. The summed E-state index contributed by atoms with van der Waals surface area (Å²) >= 11 is 0. The van der Waals surface area contributed by atoms with Gasteiger partial charge in [0.1, 0.15) is 4.90 Å². The molecule has 0 radical (unpaired) electrons. The van der Waals surface area contributed by atoms with E-state index < -0.39 is 25.0 Å². The van der Waals surface area contributed by atoms with Crippen LogP contribution in [0.2, 0.25) is 0 Å². The lowest BCUT2D eigenvalue weighted by Gasteiger charge is -2.33. The van der Waals surface area contributed by atoms with E-state index in [2.05, 4.69) is 5.10 Å². The molecule has 0 bridgehead atoms. The molecule has 11 nitrogen and oxygen atoms in total. The zero-order valence-electron chi connectivity index (χ0n) is 18.5. The van der Waals surface area contributed by atoms with Gasteiger partial charge in [-0.15, -0.1) is 0 Å². The van der Waals surface area contributed by atoms with Crippen molar-refractivity contribution >= 4 is 25.7 Å². The monoisotopic (exact) mass is 505 g/mol. The van der Waals surface area contributed by atoms with Crippen LogP contribution in [-0.4, -0.2) is 66.3 Å². The van der Waals surface area contributed by atoms with Gasteiger partial charge in [0, 0.05) is 38.3 Å². The van der Waals surface area contributed by atoms with Gasteiger partial charge in [-0.3, -0.25) is 10.1 Å². The van der Waals surface area contributed by atoms with Crippen molar-refractivity contribution in [3.63, 3.8) is 0 Å². The van der Waals surface area contributed by atoms with Gasteiger partial charge in [0.25, 0.3) is 5.69 Å². The van der Waals surface area contributed by atoms with Crippen LogP contribution in [0.4, 0.5) is 5.69 Å². The Balaban J connectivity index is 1.54. The Kier molecular flexibility index (Phi) is 6.29. The van der Waals surface area contributed by atoms with Gasteiger partial charge in [0.15, 0.2) is 0 Å². The molecule has 0 spiro atoms. The van der Waals surface area contributed by atoms with E-state index in [0.29, 0.717) is 11.4 Å². The van der Waals surface area contributed by atoms with Crippen LogP contribution in [0, 0.1) is 24.0 Å². The van der Waals surface area contributed by atoms with Crippen molar-refractivity contribution in [1.82, 2.24) is 18.4 Å². The molecular formula is C21H23N5O6S2. The summed E-state index contributed by atoms with van der Waals surface area (Å²) in [6.45, 7) is 3.20. The molecule has 1 aliphatic rings. The summed E-state index contributed by atoms with van der Waals surface area (Å²) < 4.78 is 56.8. The number of benzene rings is 2. The van der Waals surface area contributed by atoms with Gasteiger partial charge < -0.3 is 0 Å². The van der Waals surface area contributed by atoms with Crippen LogP contribution in [-0.2, 0) is 20.0 Å². The van der Waals surface area contributed by atoms with Crippen LogP contribution >= 0.6 is 0 Å². The second-order valence-electron chi connectivity index (χ2n) is 7.81. The normalized spacial score (nSPS) is 15.9. The Morgan fingerprint density at radius 1 is 0.824 bits per heavy atom. The van der Waals surface area contributed by atoms with Crippen LogP contribution in [0.3, 0.4) is 0 Å². The highest BCUT2D eigenvalue weighted by atomic mass is 32.2. The molecule has 0 amide bonds. The number of para-hydroxylation sites is 1. The number of aryl methyl sites for hydroxylation is 1. The molecule has 180 valence electrons. The highest BCUT2D eigenvalue weighted by Gasteiger charge is 2.36. The van der Waals surface area contributed by atoms with Gasteiger partial charge in [-0.05, 0) is 38.1 Å². The van der Waals surface area contributed by atoms with Crippen molar-refractivity contribution in [3.8, 4) is 5.69 Å². The standard InChI is InChI=1S/C21H23N5O6S2/c1-16-21(17(2)25(22-16)18-6-4-3-5-7-18)34(31,32)24-14-12-23(13-15-24)33(29,30)20-10-8-19(9-11-20)26(27)28/h3-11H,12-15H2,1-2H3. The first kappa shape index (κ1) is 24.0. The fourth-order valence-corrected chi connectivity index (χ4v) is 7.19. The minimum atomic E-state index is -3.91. The Morgan fingerprint density at radius 3 is 1.88 bits per heavy atom. The van der Waals surface area contributed by atoms with Crippen LogP contribution in [0.1, 0.15) is 11.4 Å². The van der Waals surface area contributed by atoms with E-state index in [-0.39, 0.29) is 41.7 Å². The quantitative estimate of drug-likeness (QED) is 0.370. The Labute approximate surface area is 197 Å². The number of hydrogen-bond acceptors (Lipinski definition) is 7. The van der Waals surface area contributed by atoms with Gasteiger partial charge in [0.2, 0.25) is 20.0 Å². The topological polar surface area (TPSA) is 136 Å². The predicted octanol–water partition coefficient (Wildman–Crippen LogP) is 2.09. The third-order valence-electron chi connectivity index (χ3n) is 5.71. The molecule has 1 saturated heterocycles. The molecule has 3 aromatic rings. The predicted molar refractivity (Wildman–Crippen MR) is 124 cm³/mol. The van der Waals surface area contributed by atoms with Gasteiger partial charge in [-0.2, -0.15) is 13.7 Å². The van der Waals surface area contributed by atoms with Crippen molar-refractivity contribution in [2.45, 2.75) is 23.6 Å². The SMILES string of the molecule is Cc1nn(-c2ccccc2)c(C)c1S(=O)(=O)N1CCN(S(=O)(=O)c2ccc([N+](=O)[O-])cc2)CC1. The molecule has 0 unspecified atom stereocenters. The lowest BCUT2D eigenvalue weighted by molar-refractivity contribution is -0.384. The third-order valence-corrected chi connectivity index (χ3v) is 9.77. The first-order valence-corrected chi connectivity index (χ1v) is 13.3. The summed E-state index contributed by atoms with van der Waals surface area (Å²) in [6, 6.07) is 13.8. The Morgan fingerprint density at radius 2 is 1.35 bits per heavy atom. The lowest BCUT2D eigenvalue weighted by Crippen LogP contribution is -2.50. The maximum Gasteiger partial charge on any atom is 0.269 e. The molecular weight excluding hydrogens is 482 g/mol. The summed E-state index contributed by atoms with van der Waals surface area (Å²) in [4.78, 5) is 10.2. The van der Waals surface area contributed by atoms with Crippen molar-refractivity contribution in [2.24, 2.45) is 0 Å². The minimum Gasteiger partial charge on any atom is -0.258 e. The van der Waals surface area contributed by atoms with Crippen LogP contribution < -0.4 is 0 Å². The number of hydrogen-bond donors (Lipinski definition) is 0. The van der Waals surface area contributed by atoms with Crippen LogP contribution in [0.5, 0.6) is 0 Å². The second-order valence-corrected chi connectivity index (χ2v) is 11.6. The Hall–Kier alpha value is -3.13. The van der Waals surface area contributed by atoms with Crippen molar-refractivity contribution < 1.29 is 21.8 Å². The third kappa shape index (κ3) is 4.22. The summed E-state index contributed by atoms with van der Waals surface area (Å²) in [7, 11) is -7.82. The summed E-state index contributed by atoms with van der Waals surface area (Å²) in [6.07, 6.45) is 0. The molecule has 0 aliphatic carbocycles. The fourth-order valence-electron chi connectivity index (χ4n) is 3.99. The second kappa shape index (κ2) is 8.91. The number of nitro groups is 1. The molecule has 4 rings (SSSR count). The molecule has 1 aliphatic heterocycles. The molecule has 2 aromatic carbocycles. The van der Waals surface area contributed by atoms with E-state index in [9.17, 15) is 26.9 Å². The van der Waals surface area contributed by atoms with Crippen LogP contribution in [0.25, 0.3) is 5.69 Å². The average molecular weight is 506 g/mol. The molecule has 0 saturated carbocycles. The highest BCUT2D eigenvalue weighted by Crippen LogP contribution is 2.28. The number of piperazine rings is 1. The minimum absolute atomic E-state index is 0.0239. The van der Waals surface area contributed by atoms with E-state index in [1.165, 1.54) is 20.7 Å².